The van der Waals surface area contributed by atoms with E-state index in [1.807, 2.05) is 26.0 Å². The van der Waals surface area contributed by atoms with Crippen LogP contribution < -0.4 is 10.1 Å². The maximum Gasteiger partial charge on any atom is 0.260 e. The first kappa shape index (κ1) is 20.8. The summed E-state index contributed by atoms with van der Waals surface area (Å²) in [5.74, 6) is 3.12. The van der Waals surface area contributed by atoms with Crippen LogP contribution in [0.15, 0.2) is 12.1 Å². The Balaban J connectivity index is 1.24. The fourth-order valence-electron chi connectivity index (χ4n) is 6.89. The zero-order valence-electron chi connectivity index (χ0n) is 18.7. The normalized spacial score (nSPS) is 31.5. The van der Waals surface area contributed by atoms with Crippen molar-refractivity contribution in [3.8, 4) is 5.75 Å². The lowest BCUT2D eigenvalue weighted by atomic mass is 9.49. The van der Waals surface area contributed by atoms with Crippen LogP contribution in [0, 0.1) is 37.0 Å². The summed E-state index contributed by atoms with van der Waals surface area (Å²) < 4.78 is 11.1. The van der Waals surface area contributed by atoms with Crippen molar-refractivity contribution < 1.29 is 19.1 Å². The highest BCUT2D eigenvalue weighted by molar-refractivity contribution is 5.97. The average molecular weight is 427 g/mol. The molecule has 1 heterocycles. The number of nitrogens with one attached hydrogen (secondary N) is 1. The first-order chi connectivity index (χ1) is 14.9. The van der Waals surface area contributed by atoms with Gasteiger partial charge in [0.05, 0.1) is 18.6 Å². The Morgan fingerprint density at radius 2 is 1.58 bits per heavy atom. The molecule has 1 saturated heterocycles. The third kappa shape index (κ3) is 4.07. The molecule has 0 radical (unpaired) electrons. The van der Waals surface area contributed by atoms with Crippen LogP contribution in [-0.4, -0.2) is 49.6 Å². The van der Waals surface area contributed by atoms with E-state index in [4.69, 9.17) is 9.47 Å². The van der Waals surface area contributed by atoms with Crippen molar-refractivity contribution in [3.63, 3.8) is 0 Å². The standard InChI is InChI=1S/C25H34N2O4/c1-16-7-21(31-15-22(28)27-3-5-30-6-4-27)8-17(2)23(16)26-24(29)25-12-18-9-19(13-25)11-20(10-18)14-25/h7-8,18-20H,3-6,9-15H2,1-2H3,(H,26,29). The minimum atomic E-state index is -0.159. The van der Waals surface area contributed by atoms with Crippen LogP contribution in [0.5, 0.6) is 5.75 Å². The summed E-state index contributed by atoms with van der Waals surface area (Å²) in [6.07, 6.45) is 7.19. The van der Waals surface area contributed by atoms with Crippen LogP contribution in [0.2, 0.25) is 0 Å². The molecule has 31 heavy (non-hydrogen) atoms. The molecule has 6 nitrogen and oxygen atoms in total. The van der Waals surface area contributed by atoms with Crippen molar-refractivity contribution in [1.29, 1.82) is 0 Å². The van der Waals surface area contributed by atoms with E-state index in [2.05, 4.69) is 5.32 Å². The number of ether oxygens (including phenoxy) is 2. The number of benzene rings is 1. The summed E-state index contributed by atoms with van der Waals surface area (Å²) in [7, 11) is 0. The molecule has 0 aromatic heterocycles. The number of carbonyl (C=O) groups excluding carboxylic acids is 2. The quantitative estimate of drug-likeness (QED) is 0.780. The second kappa shape index (κ2) is 8.12. The number of carbonyl (C=O) groups is 2. The second-order valence-electron chi connectivity index (χ2n) is 10.4. The molecule has 5 fully saturated rings. The molecule has 5 aliphatic rings. The maximum atomic E-state index is 13.4. The Kier molecular flexibility index (Phi) is 5.45. The van der Waals surface area contributed by atoms with Crippen molar-refractivity contribution in [1.82, 2.24) is 4.90 Å². The van der Waals surface area contributed by atoms with Gasteiger partial charge in [0.25, 0.3) is 5.91 Å². The van der Waals surface area contributed by atoms with Crippen molar-refractivity contribution in [3.05, 3.63) is 23.3 Å². The molecule has 0 atom stereocenters. The number of nitrogens with zero attached hydrogens (tertiary/aromatic N) is 1. The number of rotatable bonds is 5. The highest BCUT2D eigenvalue weighted by Crippen LogP contribution is 2.60. The number of amides is 2. The van der Waals surface area contributed by atoms with Crippen LogP contribution in [0.4, 0.5) is 5.69 Å². The fraction of sp³-hybridized carbons (Fsp3) is 0.680. The Bertz CT molecular complexity index is 816. The monoisotopic (exact) mass is 426 g/mol. The SMILES string of the molecule is Cc1cc(OCC(=O)N2CCOCC2)cc(C)c1NC(=O)C12CC3CC(CC(C3)C1)C2. The van der Waals surface area contributed by atoms with Crippen molar-refractivity contribution in [2.45, 2.75) is 52.4 Å². The minimum absolute atomic E-state index is 0.0159. The first-order valence-corrected chi connectivity index (χ1v) is 11.8. The Hall–Kier alpha value is -2.08. The van der Waals surface area contributed by atoms with Crippen LogP contribution in [0.1, 0.15) is 49.7 Å². The Morgan fingerprint density at radius 3 is 2.13 bits per heavy atom. The van der Waals surface area contributed by atoms with Crippen molar-refractivity contribution in [2.24, 2.45) is 23.2 Å². The van der Waals surface area contributed by atoms with Gasteiger partial charge in [0.1, 0.15) is 5.75 Å². The maximum absolute atomic E-state index is 13.4. The first-order valence-electron chi connectivity index (χ1n) is 11.8. The molecule has 4 aliphatic carbocycles. The third-order valence-electron chi connectivity index (χ3n) is 7.99. The molecule has 0 spiro atoms. The van der Waals surface area contributed by atoms with Gasteiger partial charge < -0.3 is 19.7 Å². The summed E-state index contributed by atoms with van der Waals surface area (Å²) in [6, 6.07) is 3.85. The molecule has 4 bridgehead atoms. The lowest BCUT2D eigenvalue weighted by molar-refractivity contribution is -0.140. The zero-order valence-corrected chi connectivity index (χ0v) is 18.7. The van der Waals surface area contributed by atoms with E-state index in [9.17, 15) is 9.59 Å². The molecular formula is C25H34N2O4. The van der Waals surface area contributed by atoms with E-state index in [1.54, 1.807) is 4.90 Å². The third-order valence-corrected chi connectivity index (χ3v) is 7.99. The Labute approximate surface area is 184 Å². The smallest absolute Gasteiger partial charge is 0.260 e. The molecule has 168 valence electrons. The van der Waals surface area contributed by atoms with Crippen LogP contribution in [-0.2, 0) is 14.3 Å². The van der Waals surface area contributed by atoms with Crippen LogP contribution in [0.25, 0.3) is 0 Å². The summed E-state index contributed by atoms with van der Waals surface area (Å²) in [6.45, 7) is 6.44. The molecule has 1 aromatic rings. The number of hydrogen-bond donors (Lipinski definition) is 1. The van der Waals surface area contributed by atoms with Gasteiger partial charge >= 0.3 is 0 Å². The number of hydrogen-bond acceptors (Lipinski definition) is 4. The molecule has 6 heteroatoms. The van der Waals surface area contributed by atoms with Crippen LogP contribution in [0.3, 0.4) is 0 Å². The largest absolute Gasteiger partial charge is 0.484 e. The van der Waals surface area contributed by atoms with Gasteiger partial charge in [-0.05, 0) is 93.4 Å². The van der Waals surface area contributed by atoms with E-state index in [-0.39, 0.29) is 23.8 Å². The summed E-state index contributed by atoms with van der Waals surface area (Å²) in [4.78, 5) is 27.6. The lowest BCUT2D eigenvalue weighted by Crippen LogP contribution is -2.51. The summed E-state index contributed by atoms with van der Waals surface area (Å²) >= 11 is 0. The molecular weight excluding hydrogens is 392 g/mol. The highest BCUT2D eigenvalue weighted by Gasteiger charge is 2.54. The van der Waals surface area contributed by atoms with Crippen LogP contribution >= 0.6 is 0 Å². The molecule has 1 aromatic carbocycles. The summed E-state index contributed by atoms with van der Waals surface area (Å²) in [5.41, 5.74) is 2.69. The van der Waals surface area contributed by atoms with E-state index >= 15 is 0 Å². The second-order valence-corrected chi connectivity index (χ2v) is 10.4. The van der Waals surface area contributed by atoms with Gasteiger partial charge in [-0.25, -0.2) is 0 Å². The van der Waals surface area contributed by atoms with Crippen molar-refractivity contribution >= 4 is 17.5 Å². The summed E-state index contributed by atoms with van der Waals surface area (Å²) in [5, 5.41) is 3.30. The predicted molar refractivity (Wildman–Crippen MR) is 118 cm³/mol. The van der Waals surface area contributed by atoms with E-state index in [0.29, 0.717) is 32.1 Å². The van der Waals surface area contributed by atoms with E-state index in [1.165, 1.54) is 19.3 Å². The molecule has 1 N–H and O–H groups in total. The number of morpholine rings is 1. The van der Waals surface area contributed by atoms with Crippen molar-refractivity contribution in [2.75, 3.05) is 38.2 Å². The zero-order chi connectivity index (χ0) is 21.6. The topological polar surface area (TPSA) is 67.9 Å². The van der Waals surface area contributed by atoms with Gasteiger partial charge in [-0.1, -0.05) is 0 Å². The van der Waals surface area contributed by atoms with E-state index < -0.39 is 0 Å². The molecule has 4 saturated carbocycles. The minimum Gasteiger partial charge on any atom is -0.484 e. The fourth-order valence-corrected chi connectivity index (χ4v) is 6.89. The number of aryl methyl sites for hydroxylation is 2. The van der Waals surface area contributed by atoms with Gasteiger partial charge in [0.15, 0.2) is 6.61 Å². The lowest BCUT2D eigenvalue weighted by Gasteiger charge is -2.55. The molecule has 0 unspecified atom stereocenters. The van der Waals surface area contributed by atoms with Gasteiger partial charge in [-0.3, -0.25) is 9.59 Å². The van der Waals surface area contributed by atoms with Gasteiger partial charge in [0, 0.05) is 18.8 Å². The molecule has 2 amide bonds. The highest BCUT2D eigenvalue weighted by atomic mass is 16.5. The molecule has 1 aliphatic heterocycles. The predicted octanol–water partition coefficient (Wildman–Crippen LogP) is 3.70. The average Bonchev–Trinajstić information content (AvgIpc) is 2.74. The van der Waals surface area contributed by atoms with Gasteiger partial charge in [-0.15, -0.1) is 0 Å². The number of anilines is 1. The Morgan fingerprint density at radius 1 is 1.03 bits per heavy atom. The van der Waals surface area contributed by atoms with Gasteiger partial charge in [0.2, 0.25) is 5.91 Å². The molecule has 6 rings (SSSR count). The van der Waals surface area contributed by atoms with Gasteiger partial charge in [-0.2, -0.15) is 0 Å². The van der Waals surface area contributed by atoms with E-state index in [0.717, 1.165) is 53.8 Å².